The summed E-state index contributed by atoms with van der Waals surface area (Å²) in [6, 6.07) is 56.2. The van der Waals surface area contributed by atoms with Crippen LogP contribution in [0.15, 0.2) is 168 Å². The molecule has 57 heavy (non-hydrogen) atoms. The molecule has 0 bridgehead atoms. The fraction of sp³-hybridized carbons (Fsp3) is 0. The van der Waals surface area contributed by atoms with Crippen molar-refractivity contribution in [1.82, 2.24) is 24.9 Å². The fourth-order valence-corrected chi connectivity index (χ4v) is 10.2. The number of benzene rings is 7. The Morgan fingerprint density at radius 3 is 1.81 bits per heavy atom. The van der Waals surface area contributed by atoms with E-state index < -0.39 is 0 Å². The third-order valence-electron chi connectivity index (χ3n) is 10.6. The lowest BCUT2D eigenvalue weighted by Gasteiger charge is -2.09. The Morgan fingerprint density at radius 2 is 1.00 bits per heavy atom. The second-order valence-electron chi connectivity index (χ2n) is 14.0. The van der Waals surface area contributed by atoms with Gasteiger partial charge in [-0.1, -0.05) is 127 Å². The van der Waals surface area contributed by atoms with Crippen molar-refractivity contribution < 1.29 is 4.42 Å². The Kier molecular flexibility index (Phi) is 7.17. The van der Waals surface area contributed by atoms with Gasteiger partial charge in [-0.3, -0.25) is 0 Å². The molecular formula is C49H27N5OS2. The number of rotatable bonds is 5. The second-order valence-corrected chi connectivity index (χ2v) is 16.1. The molecule has 266 valence electrons. The van der Waals surface area contributed by atoms with Crippen molar-refractivity contribution in [2.75, 3.05) is 0 Å². The summed E-state index contributed by atoms with van der Waals surface area (Å²) in [6.45, 7) is 0. The quantitative estimate of drug-likeness (QED) is 0.174. The van der Waals surface area contributed by atoms with Gasteiger partial charge in [0.2, 0.25) is 0 Å². The lowest BCUT2D eigenvalue weighted by molar-refractivity contribution is 0.669. The predicted molar refractivity (Wildman–Crippen MR) is 236 cm³/mol. The number of para-hydroxylation sites is 1. The van der Waals surface area contributed by atoms with Crippen molar-refractivity contribution in [1.29, 1.82) is 0 Å². The predicted octanol–water partition coefficient (Wildman–Crippen LogP) is 13.6. The summed E-state index contributed by atoms with van der Waals surface area (Å²) < 4.78 is 10.9. The van der Waals surface area contributed by atoms with Gasteiger partial charge in [-0.25, -0.2) is 24.9 Å². The van der Waals surface area contributed by atoms with E-state index in [0.29, 0.717) is 17.5 Å². The zero-order chi connectivity index (χ0) is 37.5. The molecule has 5 aromatic heterocycles. The summed E-state index contributed by atoms with van der Waals surface area (Å²) in [7, 11) is 0. The van der Waals surface area contributed by atoms with E-state index in [0.717, 1.165) is 92.3 Å². The molecule has 0 aliphatic heterocycles. The van der Waals surface area contributed by atoms with Crippen LogP contribution >= 0.6 is 22.7 Å². The van der Waals surface area contributed by atoms with Gasteiger partial charge in [0.1, 0.15) is 11.2 Å². The maximum atomic E-state index is 6.25. The molecule has 0 radical (unpaired) electrons. The summed E-state index contributed by atoms with van der Waals surface area (Å²) in [5.74, 6) is 2.52. The van der Waals surface area contributed by atoms with Crippen molar-refractivity contribution in [2.24, 2.45) is 0 Å². The normalized spacial score (nSPS) is 11.9. The topological polar surface area (TPSA) is 77.6 Å². The Morgan fingerprint density at radius 1 is 0.368 bits per heavy atom. The van der Waals surface area contributed by atoms with Crippen LogP contribution < -0.4 is 0 Å². The van der Waals surface area contributed by atoms with Crippen LogP contribution in [0.4, 0.5) is 0 Å². The number of hydrogen-bond acceptors (Lipinski definition) is 8. The Bertz CT molecular complexity index is 3540. The highest BCUT2D eigenvalue weighted by Gasteiger charge is 2.20. The van der Waals surface area contributed by atoms with E-state index in [1.54, 1.807) is 22.7 Å². The Balaban J connectivity index is 1.02. The molecule has 0 atom stereocenters. The molecule has 0 N–H and O–H groups in total. The molecule has 8 heteroatoms. The first-order valence-corrected chi connectivity index (χ1v) is 20.3. The molecule has 0 amide bonds. The standard InChI is InChI=1S/C49H27N5OS2/c1-3-12-28(13-4-1)43-45-44(35-17-8-10-20-39(35)57-45)51-49(50-43)36-18-11-21-40-42(36)34-25-23-31(27-41(34)56-40)48-53-46(29-14-5-2-6-15-29)52-47(54-48)30-22-24-33-32-16-7-9-19-37(32)55-38(33)26-30/h1-27H. The highest BCUT2D eigenvalue weighted by molar-refractivity contribution is 7.26. The van der Waals surface area contributed by atoms with Crippen molar-refractivity contribution >= 4 is 85.1 Å². The van der Waals surface area contributed by atoms with Gasteiger partial charge in [-0.2, -0.15) is 0 Å². The van der Waals surface area contributed by atoms with Gasteiger partial charge in [0, 0.05) is 68.8 Å². The molecule has 0 saturated carbocycles. The number of furan rings is 1. The third-order valence-corrected chi connectivity index (χ3v) is 12.9. The van der Waals surface area contributed by atoms with Gasteiger partial charge in [0.25, 0.3) is 0 Å². The number of hydrogen-bond donors (Lipinski definition) is 0. The average molecular weight is 766 g/mol. The van der Waals surface area contributed by atoms with Crippen molar-refractivity contribution in [3.05, 3.63) is 164 Å². The summed E-state index contributed by atoms with van der Waals surface area (Å²) in [5, 5.41) is 5.58. The second kappa shape index (κ2) is 12.7. The van der Waals surface area contributed by atoms with Crippen molar-refractivity contribution in [3.8, 4) is 56.8 Å². The minimum Gasteiger partial charge on any atom is -0.456 e. The maximum absolute atomic E-state index is 6.25. The van der Waals surface area contributed by atoms with Crippen LogP contribution in [0.2, 0.25) is 0 Å². The first kappa shape index (κ1) is 32.1. The fourth-order valence-electron chi connectivity index (χ4n) is 7.87. The van der Waals surface area contributed by atoms with E-state index in [1.807, 2.05) is 60.7 Å². The zero-order valence-electron chi connectivity index (χ0n) is 30.0. The molecule has 0 aliphatic rings. The summed E-state index contributed by atoms with van der Waals surface area (Å²) in [4.78, 5) is 25.8. The average Bonchev–Trinajstić information content (AvgIpc) is 3.97. The SMILES string of the molecule is c1ccc(-c2nc(-c3ccc4c(c3)oc3ccccc34)nc(-c3ccc4c(c3)sc3cccc(-c5nc(-c6ccccc6)c6sc7ccccc7c6n5)c34)n2)cc1. The Labute approximate surface area is 333 Å². The molecule has 0 aliphatic carbocycles. The summed E-state index contributed by atoms with van der Waals surface area (Å²) >= 11 is 3.51. The van der Waals surface area contributed by atoms with Gasteiger partial charge in [0.05, 0.1) is 15.9 Å². The number of nitrogens with zero attached hydrogens (tertiary/aromatic N) is 5. The van der Waals surface area contributed by atoms with Crippen LogP contribution in [0.3, 0.4) is 0 Å². The maximum Gasteiger partial charge on any atom is 0.164 e. The zero-order valence-corrected chi connectivity index (χ0v) is 31.7. The van der Waals surface area contributed by atoms with Crippen LogP contribution in [0.5, 0.6) is 0 Å². The minimum atomic E-state index is 0.586. The lowest BCUT2D eigenvalue weighted by atomic mass is 10.0. The van der Waals surface area contributed by atoms with E-state index in [1.165, 1.54) is 9.40 Å². The van der Waals surface area contributed by atoms with E-state index in [9.17, 15) is 0 Å². The van der Waals surface area contributed by atoms with Gasteiger partial charge < -0.3 is 4.42 Å². The smallest absolute Gasteiger partial charge is 0.164 e. The highest BCUT2D eigenvalue weighted by atomic mass is 32.1. The third kappa shape index (κ3) is 5.26. The molecule has 6 nitrogen and oxygen atoms in total. The molecule has 12 rings (SSSR count). The van der Waals surface area contributed by atoms with Crippen LogP contribution in [0.1, 0.15) is 0 Å². The van der Waals surface area contributed by atoms with Crippen molar-refractivity contribution in [3.63, 3.8) is 0 Å². The van der Waals surface area contributed by atoms with E-state index in [-0.39, 0.29) is 0 Å². The van der Waals surface area contributed by atoms with E-state index in [2.05, 4.69) is 103 Å². The lowest BCUT2D eigenvalue weighted by Crippen LogP contribution is -2.00. The highest BCUT2D eigenvalue weighted by Crippen LogP contribution is 2.44. The van der Waals surface area contributed by atoms with Gasteiger partial charge >= 0.3 is 0 Å². The van der Waals surface area contributed by atoms with Gasteiger partial charge in [0.15, 0.2) is 23.3 Å². The molecule has 0 saturated heterocycles. The van der Waals surface area contributed by atoms with Crippen LogP contribution in [-0.2, 0) is 0 Å². The summed E-state index contributed by atoms with van der Waals surface area (Å²) in [5.41, 5.74) is 8.37. The number of aromatic nitrogens is 5. The van der Waals surface area contributed by atoms with Crippen LogP contribution in [0.25, 0.3) is 119 Å². The summed E-state index contributed by atoms with van der Waals surface area (Å²) in [6.07, 6.45) is 0. The van der Waals surface area contributed by atoms with E-state index in [4.69, 9.17) is 29.3 Å². The largest absolute Gasteiger partial charge is 0.456 e. The molecule has 0 spiro atoms. The minimum absolute atomic E-state index is 0.586. The molecule has 0 unspecified atom stereocenters. The molecule has 12 aromatic rings. The monoisotopic (exact) mass is 765 g/mol. The van der Waals surface area contributed by atoms with Gasteiger partial charge in [-0.05, 0) is 36.4 Å². The van der Waals surface area contributed by atoms with Gasteiger partial charge in [-0.15, -0.1) is 22.7 Å². The first-order chi connectivity index (χ1) is 28.2. The molecule has 0 fully saturated rings. The first-order valence-electron chi connectivity index (χ1n) is 18.7. The molecule has 5 heterocycles. The van der Waals surface area contributed by atoms with Crippen molar-refractivity contribution in [2.45, 2.75) is 0 Å². The van der Waals surface area contributed by atoms with E-state index >= 15 is 0 Å². The molecule has 7 aromatic carbocycles. The number of thiophene rings is 2. The van der Waals surface area contributed by atoms with Crippen LogP contribution in [-0.4, -0.2) is 24.9 Å². The van der Waals surface area contributed by atoms with Crippen LogP contribution in [0, 0.1) is 0 Å². The Hall–Kier alpha value is -7.13. The number of fused-ring (bicyclic) bond motifs is 9. The molecular weight excluding hydrogens is 739 g/mol.